The number of nitrogens with one attached hydrogen (secondary N) is 2. The first kappa shape index (κ1) is 14.1. The molecule has 2 atom stereocenters. The minimum Gasteiger partial charge on any atom is -0.325 e. The largest absolute Gasteiger partial charge is 0.325 e. The number of piperidine rings is 1. The monoisotopic (exact) mass is 261 g/mol. The molecule has 1 heterocycles. The fourth-order valence-corrected chi connectivity index (χ4v) is 2.80. The van der Waals surface area contributed by atoms with Gasteiger partial charge in [0, 0.05) is 5.69 Å². The van der Waals surface area contributed by atoms with Crippen molar-refractivity contribution >= 4 is 11.6 Å². The molecule has 1 amide bonds. The Morgan fingerprint density at radius 2 is 2.16 bits per heavy atom. The predicted octanol–water partition coefficient (Wildman–Crippen LogP) is 1.70. The molecule has 2 rings (SSSR count). The molecule has 104 valence electrons. The van der Waals surface area contributed by atoms with Crippen molar-refractivity contribution in [2.45, 2.75) is 46.1 Å². The average molecular weight is 261 g/mol. The molecule has 1 aliphatic rings. The Morgan fingerprint density at radius 1 is 1.37 bits per heavy atom. The number of amides is 1. The van der Waals surface area contributed by atoms with Gasteiger partial charge in [-0.25, -0.2) is 0 Å². The molecule has 1 aliphatic heterocycles. The van der Waals surface area contributed by atoms with E-state index in [1.807, 2.05) is 12.1 Å². The van der Waals surface area contributed by atoms with Crippen molar-refractivity contribution in [1.29, 1.82) is 0 Å². The zero-order valence-corrected chi connectivity index (χ0v) is 12.3. The van der Waals surface area contributed by atoms with Crippen LogP contribution in [0.15, 0.2) is 18.2 Å². The lowest BCUT2D eigenvalue weighted by molar-refractivity contribution is -0.920. The fraction of sp³-hybridized carbons (Fsp3) is 0.562. The third kappa shape index (κ3) is 3.57. The highest BCUT2D eigenvalue weighted by molar-refractivity contribution is 5.92. The van der Waals surface area contributed by atoms with Crippen LogP contribution in [0.2, 0.25) is 0 Å². The molecular formula is C16H25N2O+. The van der Waals surface area contributed by atoms with E-state index < -0.39 is 0 Å². The van der Waals surface area contributed by atoms with Crippen LogP contribution >= 0.6 is 0 Å². The van der Waals surface area contributed by atoms with Gasteiger partial charge >= 0.3 is 0 Å². The van der Waals surface area contributed by atoms with Crippen molar-refractivity contribution in [3.05, 3.63) is 29.3 Å². The number of quaternary nitrogens is 1. The fourth-order valence-electron chi connectivity index (χ4n) is 2.80. The third-order valence-corrected chi connectivity index (χ3v) is 4.35. The lowest BCUT2D eigenvalue weighted by atomic mass is 10.0. The minimum atomic E-state index is 0.137. The quantitative estimate of drug-likeness (QED) is 0.853. The van der Waals surface area contributed by atoms with Crippen LogP contribution in [-0.4, -0.2) is 25.0 Å². The average Bonchev–Trinajstić information content (AvgIpc) is 2.38. The first-order chi connectivity index (χ1) is 9.08. The maximum absolute atomic E-state index is 12.2. The summed E-state index contributed by atoms with van der Waals surface area (Å²) < 4.78 is 0. The number of rotatable bonds is 3. The summed E-state index contributed by atoms with van der Waals surface area (Å²) in [6, 6.07) is 6.66. The number of benzene rings is 1. The molecule has 1 aromatic carbocycles. The normalized spacial score (nSPS) is 23.1. The first-order valence-electron chi connectivity index (χ1n) is 7.28. The second-order valence-corrected chi connectivity index (χ2v) is 5.78. The van der Waals surface area contributed by atoms with Crippen molar-refractivity contribution in [2.24, 2.45) is 0 Å². The van der Waals surface area contributed by atoms with Gasteiger partial charge in [0.1, 0.15) is 0 Å². The summed E-state index contributed by atoms with van der Waals surface area (Å²) >= 11 is 0. The standard InChI is InChI=1S/C16H24N2O/c1-12-7-6-9-15(14(12)3)17-16(19)11-18-10-5-4-8-13(18)2/h6-7,9,13H,4-5,8,10-11H2,1-3H3,(H,17,19)/p+1/t13-/m1/s1. The number of hydrogen-bond donors (Lipinski definition) is 2. The SMILES string of the molecule is Cc1cccc(NC(=O)C[NH+]2CCCC[C@H]2C)c1C. The van der Waals surface area contributed by atoms with E-state index in [4.69, 9.17) is 0 Å². The first-order valence-corrected chi connectivity index (χ1v) is 7.28. The van der Waals surface area contributed by atoms with Crippen LogP contribution in [0.5, 0.6) is 0 Å². The predicted molar refractivity (Wildman–Crippen MR) is 78.6 cm³/mol. The number of anilines is 1. The van der Waals surface area contributed by atoms with Gasteiger partial charge in [-0.05, 0) is 57.2 Å². The highest BCUT2D eigenvalue weighted by Gasteiger charge is 2.24. The van der Waals surface area contributed by atoms with E-state index in [9.17, 15) is 4.79 Å². The van der Waals surface area contributed by atoms with Crippen LogP contribution < -0.4 is 10.2 Å². The number of carbonyl (C=O) groups excluding carboxylic acids is 1. The summed E-state index contributed by atoms with van der Waals surface area (Å²) in [5, 5.41) is 3.06. The molecule has 0 aliphatic carbocycles. The molecule has 2 N–H and O–H groups in total. The van der Waals surface area contributed by atoms with Crippen LogP contribution in [0.4, 0.5) is 5.69 Å². The van der Waals surface area contributed by atoms with Crippen LogP contribution in [-0.2, 0) is 4.79 Å². The van der Waals surface area contributed by atoms with Crippen molar-refractivity contribution in [2.75, 3.05) is 18.4 Å². The van der Waals surface area contributed by atoms with Gasteiger partial charge in [-0.2, -0.15) is 0 Å². The van der Waals surface area contributed by atoms with Crippen molar-refractivity contribution in [3.8, 4) is 0 Å². The van der Waals surface area contributed by atoms with Gasteiger partial charge in [0.15, 0.2) is 6.54 Å². The van der Waals surface area contributed by atoms with Crippen LogP contribution in [0.3, 0.4) is 0 Å². The van der Waals surface area contributed by atoms with Crippen LogP contribution in [0, 0.1) is 13.8 Å². The molecule has 0 saturated carbocycles. The molecule has 19 heavy (non-hydrogen) atoms. The van der Waals surface area contributed by atoms with E-state index in [2.05, 4.69) is 32.2 Å². The van der Waals surface area contributed by atoms with E-state index in [1.165, 1.54) is 29.7 Å². The van der Waals surface area contributed by atoms with Crippen LogP contribution in [0.25, 0.3) is 0 Å². The van der Waals surface area contributed by atoms with Gasteiger partial charge in [0.05, 0.1) is 12.6 Å². The highest BCUT2D eigenvalue weighted by atomic mass is 16.2. The Bertz CT molecular complexity index is 456. The Hall–Kier alpha value is -1.35. The molecule has 0 aromatic heterocycles. The molecule has 0 spiro atoms. The van der Waals surface area contributed by atoms with E-state index >= 15 is 0 Å². The van der Waals surface area contributed by atoms with Crippen molar-refractivity contribution < 1.29 is 9.69 Å². The third-order valence-electron chi connectivity index (χ3n) is 4.35. The molecule has 1 fully saturated rings. The molecule has 3 nitrogen and oxygen atoms in total. The summed E-state index contributed by atoms with van der Waals surface area (Å²) in [5.74, 6) is 0.137. The molecule has 3 heteroatoms. The lowest BCUT2D eigenvalue weighted by Crippen LogP contribution is -3.17. The molecule has 1 unspecified atom stereocenters. The van der Waals surface area contributed by atoms with E-state index in [1.54, 1.807) is 0 Å². The summed E-state index contributed by atoms with van der Waals surface area (Å²) in [5.41, 5.74) is 3.34. The van der Waals surface area contributed by atoms with Gasteiger partial charge in [-0.1, -0.05) is 12.1 Å². The van der Waals surface area contributed by atoms with Gasteiger partial charge in [-0.15, -0.1) is 0 Å². The maximum Gasteiger partial charge on any atom is 0.279 e. The smallest absolute Gasteiger partial charge is 0.279 e. The zero-order valence-electron chi connectivity index (χ0n) is 12.3. The van der Waals surface area contributed by atoms with Crippen molar-refractivity contribution in [3.63, 3.8) is 0 Å². The molecular weight excluding hydrogens is 236 g/mol. The molecule has 1 aromatic rings. The Balaban J connectivity index is 1.95. The minimum absolute atomic E-state index is 0.137. The summed E-state index contributed by atoms with van der Waals surface area (Å²) in [6.07, 6.45) is 3.80. The Morgan fingerprint density at radius 3 is 2.89 bits per heavy atom. The van der Waals surface area contributed by atoms with Gasteiger partial charge in [0.2, 0.25) is 0 Å². The molecule has 0 radical (unpaired) electrons. The number of hydrogen-bond acceptors (Lipinski definition) is 1. The highest BCUT2D eigenvalue weighted by Crippen LogP contribution is 2.17. The number of carbonyl (C=O) groups is 1. The Labute approximate surface area is 116 Å². The zero-order chi connectivity index (χ0) is 13.8. The Kier molecular flexibility index (Phi) is 4.59. The van der Waals surface area contributed by atoms with Crippen molar-refractivity contribution in [1.82, 2.24) is 0 Å². The van der Waals surface area contributed by atoms with Gasteiger partial charge in [-0.3, -0.25) is 4.79 Å². The number of likely N-dealkylation sites (tertiary alicyclic amines) is 1. The van der Waals surface area contributed by atoms with Crippen LogP contribution in [0.1, 0.15) is 37.3 Å². The lowest BCUT2D eigenvalue weighted by Gasteiger charge is -2.29. The second kappa shape index (κ2) is 6.20. The maximum atomic E-state index is 12.2. The summed E-state index contributed by atoms with van der Waals surface area (Å²) in [4.78, 5) is 13.6. The number of aryl methyl sites for hydroxylation is 1. The van der Waals surface area contributed by atoms with E-state index in [0.717, 1.165) is 17.8 Å². The van der Waals surface area contributed by atoms with Gasteiger partial charge < -0.3 is 10.2 Å². The van der Waals surface area contributed by atoms with E-state index in [-0.39, 0.29) is 5.91 Å². The molecule has 0 bridgehead atoms. The van der Waals surface area contributed by atoms with Gasteiger partial charge in [0.25, 0.3) is 5.91 Å². The topological polar surface area (TPSA) is 33.5 Å². The molecule has 1 saturated heterocycles. The second-order valence-electron chi connectivity index (χ2n) is 5.78. The summed E-state index contributed by atoms with van der Waals surface area (Å²) in [6.45, 7) is 8.10. The summed E-state index contributed by atoms with van der Waals surface area (Å²) in [7, 11) is 0. The van der Waals surface area contributed by atoms with E-state index in [0.29, 0.717) is 12.6 Å².